The molecule has 1 rings (SSSR count). The third kappa shape index (κ3) is 5.47. The minimum atomic E-state index is -2.11. The number of hydrogen-bond donors (Lipinski definition) is 4. The molecule has 0 amide bonds. The highest BCUT2D eigenvalue weighted by Gasteiger charge is 2.26. The molecule has 1 aromatic carbocycles. The van der Waals surface area contributed by atoms with Gasteiger partial charge in [-0.2, -0.15) is 0 Å². The van der Waals surface area contributed by atoms with Gasteiger partial charge < -0.3 is 29.9 Å². The molecule has 22 heavy (non-hydrogen) atoms. The average molecular weight is 396 g/mol. The molecule has 0 unspecified atom stereocenters. The van der Waals surface area contributed by atoms with Crippen molar-refractivity contribution in [1.29, 1.82) is 0 Å². The molecule has 126 valence electrons. The zero-order chi connectivity index (χ0) is 17.3. The number of ether oxygens (including phenoxy) is 2. The molecule has 0 aliphatic rings. The number of hydrogen-bond acceptors (Lipinski definition) is 6. The van der Waals surface area contributed by atoms with Crippen molar-refractivity contribution in [3.8, 4) is 11.5 Å². The summed E-state index contributed by atoms with van der Waals surface area (Å²) in [6, 6.07) is 0. The summed E-state index contributed by atoms with van der Waals surface area (Å²) in [4.78, 5) is 0. The summed E-state index contributed by atoms with van der Waals surface area (Å²) in [5.41, 5.74) is 0. The van der Waals surface area contributed by atoms with Crippen LogP contribution < -0.4 is 9.47 Å². The standard InChI is InChI=1S/C12H14Cl4O6/c1-11(17,18)3-21-9-5(13)7(15)10(8(16)6(9)14)22-4-12(2,19)20/h17-20H,3-4H2,1-2H3. The predicted molar refractivity (Wildman–Crippen MR) is 83.2 cm³/mol. The highest BCUT2D eigenvalue weighted by molar-refractivity contribution is 6.50. The molecule has 1 aromatic rings. The van der Waals surface area contributed by atoms with Gasteiger partial charge in [-0.05, 0) is 13.8 Å². The summed E-state index contributed by atoms with van der Waals surface area (Å²) in [5.74, 6) is -4.54. The Morgan fingerprint density at radius 1 is 0.682 bits per heavy atom. The third-order valence-corrected chi connectivity index (χ3v) is 3.80. The minimum absolute atomic E-state index is 0.157. The maximum atomic E-state index is 9.23. The van der Waals surface area contributed by atoms with Crippen LogP contribution in [0, 0.1) is 0 Å². The van der Waals surface area contributed by atoms with Crippen molar-refractivity contribution in [2.24, 2.45) is 0 Å². The predicted octanol–water partition coefficient (Wildman–Crippen LogP) is 2.46. The van der Waals surface area contributed by atoms with Crippen LogP contribution in [0.3, 0.4) is 0 Å². The molecule has 0 aliphatic carbocycles. The van der Waals surface area contributed by atoms with Crippen LogP contribution in [0.2, 0.25) is 20.1 Å². The quantitative estimate of drug-likeness (QED) is 0.436. The largest absolute Gasteiger partial charge is 0.485 e. The molecule has 0 spiro atoms. The summed E-state index contributed by atoms with van der Waals surface area (Å²) >= 11 is 23.9. The normalized spacial score (nSPS) is 12.5. The first-order valence-electron chi connectivity index (χ1n) is 5.84. The first kappa shape index (κ1) is 19.9. The van der Waals surface area contributed by atoms with Crippen LogP contribution in [0.25, 0.3) is 0 Å². The fraction of sp³-hybridized carbons (Fsp3) is 0.500. The Bertz CT molecular complexity index is 472. The first-order chi connectivity index (χ1) is 9.83. The van der Waals surface area contributed by atoms with Crippen LogP contribution >= 0.6 is 46.4 Å². The summed E-state index contributed by atoms with van der Waals surface area (Å²) in [6.07, 6.45) is 0. The smallest absolute Gasteiger partial charge is 0.194 e. The number of aliphatic hydroxyl groups is 4. The molecule has 0 aliphatic heterocycles. The van der Waals surface area contributed by atoms with Crippen LogP contribution in [0.1, 0.15) is 13.8 Å². The molecule has 0 fully saturated rings. The Kier molecular flexibility index (Phi) is 6.46. The number of rotatable bonds is 6. The van der Waals surface area contributed by atoms with E-state index in [1.54, 1.807) is 0 Å². The maximum Gasteiger partial charge on any atom is 0.194 e. The van der Waals surface area contributed by atoms with Gasteiger partial charge >= 0.3 is 0 Å². The van der Waals surface area contributed by atoms with Crippen molar-refractivity contribution in [3.05, 3.63) is 20.1 Å². The molecule has 4 N–H and O–H groups in total. The Hall–Kier alpha value is -0.180. The molecule has 0 aromatic heterocycles. The Morgan fingerprint density at radius 2 is 0.909 bits per heavy atom. The van der Waals surface area contributed by atoms with Gasteiger partial charge in [0.25, 0.3) is 0 Å². The summed E-state index contributed by atoms with van der Waals surface area (Å²) < 4.78 is 10.2. The minimum Gasteiger partial charge on any atom is -0.485 e. The molecule has 0 saturated heterocycles. The molecule has 0 radical (unpaired) electrons. The first-order valence-corrected chi connectivity index (χ1v) is 7.35. The maximum absolute atomic E-state index is 9.23. The molecule has 10 heteroatoms. The van der Waals surface area contributed by atoms with Gasteiger partial charge in [0, 0.05) is 0 Å². The van der Waals surface area contributed by atoms with Gasteiger partial charge in [-0.1, -0.05) is 46.4 Å². The molecule has 0 atom stereocenters. The lowest BCUT2D eigenvalue weighted by Crippen LogP contribution is -2.32. The van der Waals surface area contributed by atoms with Gasteiger partial charge in [-0.3, -0.25) is 0 Å². The van der Waals surface area contributed by atoms with Gasteiger partial charge in [0.2, 0.25) is 0 Å². The lowest BCUT2D eigenvalue weighted by Gasteiger charge is -2.22. The van der Waals surface area contributed by atoms with Crippen LogP contribution in [-0.4, -0.2) is 45.2 Å². The average Bonchev–Trinajstić information content (AvgIpc) is 2.33. The van der Waals surface area contributed by atoms with Crippen molar-refractivity contribution in [3.63, 3.8) is 0 Å². The molecular formula is C12H14Cl4O6. The van der Waals surface area contributed by atoms with Crippen molar-refractivity contribution in [1.82, 2.24) is 0 Å². The summed E-state index contributed by atoms with van der Waals surface area (Å²) in [7, 11) is 0. The Balaban J connectivity index is 3.15. The van der Waals surface area contributed by atoms with E-state index >= 15 is 0 Å². The van der Waals surface area contributed by atoms with Gasteiger partial charge in [0.15, 0.2) is 23.1 Å². The van der Waals surface area contributed by atoms with E-state index in [1.165, 1.54) is 0 Å². The van der Waals surface area contributed by atoms with Crippen molar-refractivity contribution >= 4 is 46.4 Å². The number of benzene rings is 1. The monoisotopic (exact) mass is 394 g/mol. The van der Waals surface area contributed by atoms with Gasteiger partial charge in [-0.15, -0.1) is 0 Å². The van der Waals surface area contributed by atoms with Gasteiger partial charge in [0.1, 0.15) is 33.3 Å². The van der Waals surface area contributed by atoms with Crippen LogP contribution in [0.15, 0.2) is 0 Å². The Labute approximate surface area is 146 Å². The van der Waals surface area contributed by atoms with Crippen molar-refractivity contribution in [2.45, 2.75) is 25.4 Å². The van der Waals surface area contributed by atoms with E-state index in [4.69, 9.17) is 55.9 Å². The lowest BCUT2D eigenvalue weighted by atomic mass is 10.3. The second kappa shape index (κ2) is 7.15. The summed E-state index contributed by atoms with van der Waals surface area (Å²) in [5, 5.41) is 36.2. The molecule has 0 saturated carbocycles. The zero-order valence-electron chi connectivity index (χ0n) is 11.5. The van der Waals surface area contributed by atoms with Gasteiger partial charge in [-0.25, -0.2) is 0 Å². The van der Waals surface area contributed by atoms with Crippen molar-refractivity contribution in [2.75, 3.05) is 13.2 Å². The third-order valence-electron chi connectivity index (χ3n) is 2.16. The van der Waals surface area contributed by atoms with Crippen molar-refractivity contribution < 1.29 is 29.9 Å². The van der Waals surface area contributed by atoms with E-state index in [-0.39, 0.29) is 31.6 Å². The van der Waals surface area contributed by atoms with E-state index < -0.39 is 24.8 Å². The molecule has 0 heterocycles. The number of halogens is 4. The van der Waals surface area contributed by atoms with Gasteiger partial charge in [0.05, 0.1) is 0 Å². The summed E-state index contributed by atoms with van der Waals surface area (Å²) in [6.45, 7) is 1.12. The van der Waals surface area contributed by atoms with E-state index in [2.05, 4.69) is 0 Å². The fourth-order valence-electron chi connectivity index (χ4n) is 1.26. The van der Waals surface area contributed by atoms with Crippen LogP contribution in [-0.2, 0) is 0 Å². The molecular weight excluding hydrogens is 382 g/mol. The second-order valence-electron chi connectivity index (χ2n) is 4.93. The van der Waals surface area contributed by atoms with E-state index in [9.17, 15) is 20.4 Å². The lowest BCUT2D eigenvalue weighted by molar-refractivity contribution is -0.166. The highest BCUT2D eigenvalue weighted by Crippen LogP contribution is 2.50. The Morgan fingerprint density at radius 3 is 1.09 bits per heavy atom. The zero-order valence-corrected chi connectivity index (χ0v) is 14.6. The second-order valence-corrected chi connectivity index (χ2v) is 6.44. The fourth-order valence-corrected chi connectivity index (χ4v) is 2.30. The van der Waals surface area contributed by atoms with E-state index in [0.29, 0.717) is 0 Å². The van der Waals surface area contributed by atoms with Crippen LogP contribution in [0.4, 0.5) is 0 Å². The highest BCUT2D eigenvalue weighted by atomic mass is 35.5. The molecule has 0 bridgehead atoms. The van der Waals surface area contributed by atoms with Crippen LogP contribution in [0.5, 0.6) is 11.5 Å². The topological polar surface area (TPSA) is 99.4 Å². The van der Waals surface area contributed by atoms with E-state index in [0.717, 1.165) is 13.8 Å². The SMILES string of the molecule is CC(O)(O)COc1c(Cl)c(Cl)c(OCC(C)(O)O)c(Cl)c1Cl. The molecule has 6 nitrogen and oxygen atoms in total. The van der Waals surface area contributed by atoms with E-state index in [1.807, 2.05) is 0 Å².